The van der Waals surface area contributed by atoms with Crippen LogP contribution in [0.3, 0.4) is 0 Å². The van der Waals surface area contributed by atoms with Crippen LogP contribution in [-0.2, 0) is 6.54 Å². The second-order valence-electron chi connectivity index (χ2n) is 7.58. The molecule has 0 saturated heterocycles. The minimum atomic E-state index is -0.268. The third kappa shape index (κ3) is 3.38. The topological polar surface area (TPSA) is 15.7 Å². The predicted octanol–water partition coefficient (Wildman–Crippen LogP) is 3.38. The summed E-state index contributed by atoms with van der Waals surface area (Å²) in [6.45, 7) is 0.752. The number of hydrogen-bond donors (Lipinski definition) is 0. The van der Waals surface area contributed by atoms with Crippen molar-refractivity contribution in [3.8, 4) is 5.75 Å². The Labute approximate surface area is 139 Å². The van der Waals surface area contributed by atoms with E-state index < -0.39 is 0 Å². The van der Waals surface area contributed by atoms with Crippen LogP contribution in [0.2, 0.25) is 0 Å². The monoisotopic (exact) mass is 320 g/mol. The van der Waals surface area contributed by atoms with E-state index in [-0.39, 0.29) is 5.82 Å². The van der Waals surface area contributed by atoms with Gasteiger partial charge in [0.25, 0.3) is 0 Å². The van der Waals surface area contributed by atoms with Crippen LogP contribution in [0.15, 0.2) is 18.2 Å². The summed E-state index contributed by atoms with van der Waals surface area (Å²) < 4.78 is 19.1. The van der Waals surface area contributed by atoms with Crippen LogP contribution in [0.25, 0.3) is 0 Å². The number of fused-ring (bicyclic) bond motifs is 1. The molecule has 1 aromatic rings. The lowest BCUT2D eigenvalue weighted by atomic mass is 10.0. The number of nitrogens with zero attached hydrogens (tertiary/aromatic N) is 2. The minimum Gasteiger partial charge on any atom is -0.493 e. The number of ether oxygens (including phenoxy) is 1. The van der Waals surface area contributed by atoms with Gasteiger partial charge >= 0.3 is 0 Å². The van der Waals surface area contributed by atoms with Gasteiger partial charge in [0.1, 0.15) is 0 Å². The fourth-order valence-electron chi connectivity index (χ4n) is 4.64. The van der Waals surface area contributed by atoms with Gasteiger partial charge in [0.2, 0.25) is 0 Å². The van der Waals surface area contributed by atoms with Crippen molar-refractivity contribution in [2.24, 2.45) is 11.8 Å². The Balaban J connectivity index is 1.61. The first kappa shape index (κ1) is 16.7. The van der Waals surface area contributed by atoms with Gasteiger partial charge in [0.05, 0.1) is 7.11 Å². The fraction of sp³-hybridized carbons (Fsp3) is 0.684. The summed E-state index contributed by atoms with van der Waals surface area (Å²) in [6.07, 6.45) is 5.24. The lowest BCUT2D eigenvalue weighted by molar-refractivity contribution is 0.209. The Morgan fingerprint density at radius 2 is 1.65 bits per heavy atom. The van der Waals surface area contributed by atoms with Crippen LogP contribution >= 0.6 is 0 Å². The number of methoxy groups -OCH3 is 1. The molecule has 23 heavy (non-hydrogen) atoms. The van der Waals surface area contributed by atoms with Crippen LogP contribution in [0, 0.1) is 17.7 Å². The molecule has 0 radical (unpaired) electrons. The summed E-state index contributed by atoms with van der Waals surface area (Å²) in [5, 5.41) is 0. The van der Waals surface area contributed by atoms with Gasteiger partial charge in [-0.15, -0.1) is 0 Å². The van der Waals surface area contributed by atoms with Gasteiger partial charge in [0.15, 0.2) is 11.6 Å². The molecule has 0 spiro atoms. The number of benzene rings is 1. The van der Waals surface area contributed by atoms with E-state index in [2.05, 4.69) is 30.9 Å². The highest BCUT2D eigenvalue weighted by Gasteiger charge is 2.43. The first-order valence-corrected chi connectivity index (χ1v) is 8.67. The van der Waals surface area contributed by atoms with Crippen LogP contribution in [0.1, 0.15) is 31.2 Å². The Morgan fingerprint density at radius 3 is 2.22 bits per heavy atom. The van der Waals surface area contributed by atoms with Gasteiger partial charge < -0.3 is 9.64 Å². The summed E-state index contributed by atoms with van der Waals surface area (Å²) in [6, 6.07) is 6.58. The highest BCUT2D eigenvalue weighted by molar-refractivity contribution is 5.34. The predicted molar refractivity (Wildman–Crippen MR) is 91.1 cm³/mol. The van der Waals surface area contributed by atoms with E-state index >= 15 is 0 Å². The van der Waals surface area contributed by atoms with Crippen molar-refractivity contribution >= 4 is 0 Å². The van der Waals surface area contributed by atoms with Crippen molar-refractivity contribution < 1.29 is 9.13 Å². The second kappa shape index (κ2) is 6.78. The Bertz CT molecular complexity index is 534. The SMILES string of the molecule is COc1c(F)cccc1CN(C)C1C[C@H]2CC(N(C)C)C[C@H]2C1. The van der Waals surface area contributed by atoms with E-state index in [0.29, 0.717) is 11.8 Å². The van der Waals surface area contributed by atoms with Crippen molar-refractivity contribution in [1.29, 1.82) is 0 Å². The molecule has 4 heteroatoms. The van der Waals surface area contributed by atoms with Gasteiger partial charge in [-0.25, -0.2) is 4.39 Å². The molecule has 2 unspecified atom stereocenters. The van der Waals surface area contributed by atoms with E-state index in [1.807, 2.05) is 6.07 Å². The zero-order valence-electron chi connectivity index (χ0n) is 14.8. The summed E-state index contributed by atoms with van der Waals surface area (Å²) in [7, 11) is 8.11. The smallest absolute Gasteiger partial charge is 0.165 e. The highest BCUT2D eigenvalue weighted by atomic mass is 19.1. The Kier molecular flexibility index (Phi) is 4.93. The van der Waals surface area contributed by atoms with E-state index in [1.54, 1.807) is 13.2 Å². The molecule has 2 saturated carbocycles. The van der Waals surface area contributed by atoms with Gasteiger partial charge in [-0.05, 0) is 64.7 Å². The van der Waals surface area contributed by atoms with E-state index in [9.17, 15) is 4.39 Å². The molecule has 0 aliphatic heterocycles. The first-order chi connectivity index (χ1) is 11.0. The molecule has 3 rings (SSSR count). The third-order valence-electron chi connectivity index (χ3n) is 5.99. The van der Waals surface area contributed by atoms with Crippen LogP contribution in [0.4, 0.5) is 4.39 Å². The fourth-order valence-corrected chi connectivity index (χ4v) is 4.64. The van der Waals surface area contributed by atoms with E-state index in [0.717, 1.165) is 30.0 Å². The standard InChI is InChI=1S/C19H29FN2O/c1-21(2)16-8-14-10-17(11-15(14)9-16)22(3)12-13-6-5-7-18(20)19(13)23-4/h5-7,14-17H,8-12H2,1-4H3/t14-,15+,16?,17?. The molecule has 4 atom stereocenters. The summed E-state index contributed by atoms with van der Waals surface area (Å²) in [5.74, 6) is 1.86. The van der Waals surface area contributed by atoms with E-state index in [4.69, 9.17) is 4.74 Å². The molecule has 1 aromatic carbocycles. The van der Waals surface area contributed by atoms with Crippen molar-refractivity contribution in [1.82, 2.24) is 9.80 Å². The molecule has 2 aliphatic rings. The highest BCUT2D eigenvalue weighted by Crippen LogP contribution is 2.46. The van der Waals surface area contributed by atoms with Crippen molar-refractivity contribution in [3.63, 3.8) is 0 Å². The number of halogens is 1. The van der Waals surface area contributed by atoms with Crippen LogP contribution < -0.4 is 4.74 Å². The van der Waals surface area contributed by atoms with Crippen molar-refractivity contribution in [2.75, 3.05) is 28.3 Å². The van der Waals surface area contributed by atoms with Crippen molar-refractivity contribution in [2.45, 2.75) is 44.3 Å². The maximum atomic E-state index is 13.8. The van der Waals surface area contributed by atoms with Gasteiger partial charge in [-0.1, -0.05) is 12.1 Å². The van der Waals surface area contributed by atoms with Crippen LogP contribution in [-0.4, -0.2) is 50.1 Å². The number of para-hydroxylation sites is 1. The lowest BCUT2D eigenvalue weighted by Gasteiger charge is -2.27. The molecule has 2 aliphatic carbocycles. The first-order valence-electron chi connectivity index (χ1n) is 8.67. The average Bonchev–Trinajstić information content (AvgIpc) is 3.06. The van der Waals surface area contributed by atoms with Gasteiger partial charge in [0, 0.05) is 24.2 Å². The third-order valence-corrected chi connectivity index (χ3v) is 5.99. The lowest BCUT2D eigenvalue weighted by Crippen LogP contribution is -2.31. The number of hydrogen-bond acceptors (Lipinski definition) is 3. The molecule has 2 fully saturated rings. The zero-order valence-corrected chi connectivity index (χ0v) is 14.8. The molecule has 3 nitrogen and oxygen atoms in total. The largest absolute Gasteiger partial charge is 0.493 e. The molecule has 0 bridgehead atoms. The molecule has 0 amide bonds. The summed E-state index contributed by atoms with van der Waals surface area (Å²) >= 11 is 0. The quantitative estimate of drug-likeness (QED) is 0.827. The molecular weight excluding hydrogens is 291 g/mol. The molecule has 0 aromatic heterocycles. The minimum absolute atomic E-state index is 0.268. The summed E-state index contributed by atoms with van der Waals surface area (Å²) in [5.41, 5.74) is 0.943. The van der Waals surface area contributed by atoms with Gasteiger partial charge in [-0.2, -0.15) is 0 Å². The zero-order chi connectivity index (χ0) is 16.6. The summed E-state index contributed by atoms with van der Waals surface area (Å²) in [4.78, 5) is 4.77. The maximum absolute atomic E-state index is 13.8. The Morgan fingerprint density at radius 1 is 1.04 bits per heavy atom. The van der Waals surface area contributed by atoms with E-state index in [1.165, 1.54) is 31.7 Å². The maximum Gasteiger partial charge on any atom is 0.165 e. The molecule has 0 N–H and O–H groups in total. The van der Waals surface area contributed by atoms with Crippen LogP contribution in [0.5, 0.6) is 5.75 Å². The molecule has 0 heterocycles. The normalized spacial score (nSPS) is 30.2. The molecular formula is C19H29FN2O. The number of rotatable bonds is 5. The van der Waals surface area contributed by atoms with Crippen molar-refractivity contribution in [3.05, 3.63) is 29.6 Å². The average molecular weight is 320 g/mol. The molecule has 128 valence electrons. The second-order valence-corrected chi connectivity index (χ2v) is 7.58. The van der Waals surface area contributed by atoms with Gasteiger partial charge in [-0.3, -0.25) is 4.90 Å². The Hall–Kier alpha value is -1.13.